The Morgan fingerprint density at radius 1 is 1.44 bits per heavy atom. The van der Waals surface area contributed by atoms with Gasteiger partial charge in [0.2, 0.25) is 0 Å². The number of ether oxygens (including phenoxy) is 1. The van der Waals surface area contributed by atoms with Crippen LogP contribution in [0.4, 0.5) is 0 Å². The zero-order chi connectivity index (χ0) is 19.2. The van der Waals surface area contributed by atoms with Crippen molar-refractivity contribution >= 4 is 21.6 Å². The molecule has 0 fully saturated rings. The molecule has 0 saturated heterocycles. The number of aliphatic hydroxyl groups excluding tert-OH is 1. The Labute approximate surface area is 163 Å². The van der Waals surface area contributed by atoms with E-state index < -0.39 is 6.10 Å². The van der Waals surface area contributed by atoms with Gasteiger partial charge in [0.25, 0.3) is 5.56 Å². The van der Waals surface area contributed by atoms with Crippen LogP contribution in [0.1, 0.15) is 41.9 Å². The van der Waals surface area contributed by atoms with E-state index in [1.807, 2.05) is 6.08 Å². The van der Waals surface area contributed by atoms with E-state index in [4.69, 9.17) is 9.72 Å². The number of aromatic nitrogens is 2. The second-order valence-corrected chi connectivity index (χ2v) is 8.24. The van der Waals surface area contributed by atoms with Crippen LogP contribution >= 0.6 is 11.3 Å². The summed E-state index contributed by atoms with van der Waals surface area (Å²) in [7, 11) is 1.66. The molecule has 6 nitrogen and oxygen atoms in total. The van der Waals surface area contributed by atoms with Gasteiger partial charge in [-0.15, -0.1) is 17.9 Å². The van der Waals surface area contributed by atoms with Gasteiger partial charge in [-0.1, -0.05) is 6.08 Å². The Kier molecular flexibility index (Phi) is 7.18. The van der Waals surface area contributed by atoms with Crippen molar-refractivity contribution in [2.75, 3.05) is 26.8 Å². The zero-order valence-corrected chi connectivity index (χ0v) is 16.8. The predicted octanol–water partition coefficient (Wildman–Crippen LogP) is 2.64. The largest absolute Gasteiger partial charge is 0.392 e. The second-order valence-electron chi connectivity index (χ2n) is 7.15. The first-order valence-electron chi connectivity index (χ1n) is 9.66. The van der Waals surface area contributed by atoms with Crippen LogP contribution in [0.25, 0.3) is 10.2 Å². The van der Waals surface area contributed by atoms with Gasteiger partial charge in [-0.3, -0.25) is 9.69 Å². The summed E-state index contributed by atoms with van der Waals surface area (Å²) in [5.41, 5.74) is 1.17. The molecule has 0 amide bonds. The van der Waals surface area contributed by atoms with E-state index in [1.54, 1.807) is 18.4 Å². The van der Waals surface area contributed by atoms with E-state index in [-0.39, 0.29) is 5.56 Å². The molecule has 0 bridgehead atoms. The zero-order valence-electron chi connectivity index (χ0n) is 16.0. The van der Waals surface area contributed by atoms with E-state index in [9.17, 15) is 9.90 Å². The Morgan fingerprint density at radius 2 is 2.26 bits per heavy atom. The number of aryl methyl sites for hydroxylation is 2. The third kappa shape index (κ3) is 5.04. The van der Waals surface area contributed by atoms with Gasteiger partial charge in [0.1, 0.15) is 10.7 Å². The van der Waals surface area contributed by atoms with E-state index in [0.717, 1.165) is 35.9 Å². The predicted molar refractivity (Wildman–Crippen MR) is 109 cm³/mol. The SMILES string of the molecule is C=CCCC(O)CN(CCOC)Cc1nc2sc3c(c2c(=O)[nH]1)CCCC3. The monoisotopic (exact) mass is 391 g/mol. The molecule has 1 aliphatic carbocycles. The molecule has 7 heteroatoms. The molecule has 0 saturated carbocycles. The van der Waals surface area contributed by atoms with Crippen LogP contribution in [-0.4, -0.2) is 52.9 Å². The molecule has 2 N–H and O–H groups in total. The van der Waals surface area contributed by atoms with Crippen LogP contribution in [0.3, 0.4) is 0 Å². The molecule has 0 spiro atoms. The van der Waals surface area contributed by atoms with Crippen molar-refractivity contribution in [3.8, 4) is 0 Å². The summed E-state index contributed by atoms with van der Waals surface area (Å²) < 4.78 is 5.19. The highest BCUT2D eigenvalue weighted by Gasteiger charge is 2.20. The minimum Gasteiger partial charge on any atom is -0.392 e. The van der Waals surface area contributed by atoms with Crippen LogP contribution in [0.15, 0.2) is 17.4 Å². The maximum absolute atomic E-state index is 12.7. The molecular formula is C20H29N3O3S. The normalized spacial score (nSPS) is 15.2. The molecule has 148 valence electrons. The molecule has 0 aromatic carbocycles. The second kappa shape index (κ2) is 9.59. The van der Waals surface area contributed by atoms with Crippen molar-refractivity contribution in [2.24, 2.45) is 0 Å². The van der Waals surface area contributed by atoms with Gasteiger partial charge in [-0.2, -0.15) is 0 Å². The fourth-order valence-electron chi connectivity index (χ4n) is 3.65. The summed E-state index contributed by atoms with van der Waals surface area (Å²) in [6.45, 7) is 5.94. The Bertz CT molecular complexity index is 830. The van der Waals surface area contributed by atoms with Crippen molar-refractivity contribution < 1.29 is 9.84 Å². The molecule has 2 aromatic rings. The highest BCUT2D eigenvalue weighted by molar-refractivity contribution is 7.18. The average molecular weight is 392 g/mol. The molecule has 1 aliphatic rings. The van der Waals surface area contributed by atoms with Crippen molar-refractivity contribution in [3.05, 3.63) is 39.3 Å². The lowest BCUT2D eigenvalue weighted by atomic mass is 9.97. The van der Waals surface area contributed by atoms with Crippen LogP contribution < -0.4 is 5.56 Å². The number of fused-ring (bicyclic) bond motifs is 3. The minimum atomic E-state index is -0.440. The summed E-state index contributed by atoms with van der Waals surface area (Å²) in [6, 6.07) is 0. The molecule has 1 atom stereocenters. The van der Waals surface area contributed by atoms with Crippen molar-refractivity contribution in [3.63, 3.8) is 0 Å². The first-order chi connectivity index (χ1) is 13.1. The number of methoxy groups -OCH3 is 1. The quantitative estimate of drug-likeness (QED) is 0.609. The van der Waals surface area contributed by atoms with E-state index in [2.05, 4.69) is 16.5 Å². The number of aliphatic hydroxyl groups is 1. The summed E-state index contributed by atoms with van der Waals surface area (Å²) in [4.78, 5) is 24.7. The summed E-state index contributed by atoms with van der Waals surface area (Å²) in [6.07, 6.45) is 7.20. The molecule has 2 heterocycles. The summed E-state index contributed by atoms with van der Waals surface area (Å²) in [5.74, 6) is 0.651. The van der Waals surface area contributed by atoms with Crippen LogP contribution in [0.2, 0.25) is 0 Å². The molecule has 0 radical (unpaired) electrons. The highest BCUT2D eigenvalue weighted by Crippen LogP contribution is 2.33. The Balaban J connectivity index is 1.79. The minimum absolute atomic E-state index is 0.0340. The number of H-pyrrole nitrogens is 1. The van der Waals surface area contributed by atoms with E-state index in [1.165, 1.54) is 16.9 Å². The number of nitrogens with one attached hydrogen (secondary N) is 1. The standard InChI is InChI=1S/C20H29N3O3S/c1-3-4-7-14(24)12-23(10-11-26-2)13-17-21-19(25)18-15-8-5-6-9-16(15)27-20(18)22-17/h3,14,24H,1,4-13H2,2H3,(H,21,22,25). The molecule has 0 aliphatic heterocycles. The van der Waals surface area contributed by atoms with Crippen molar-refractivity contribution in [1.82, 2.24) is 14.9 Å². The van der Waals surface area contributed by atoms with E-state index in [0.29, 0.717) is 38.5 Å². The number of rotatable bonds is 10. The van der Waals surface area contributed by atoms with Crippen molar-refractivity contribution in [1.29, 1.82) is 0 Å². The lowest BCUT2D eigenvalue weighted by molar-refractivity contribution is 0.0796. The number of hydrogen-bond donors (Lipinski definition) is 2. The van der Waals surface area contributed by atoms with Gasteiger partial charge >= 0.3 is 0 Å². The number of allylic oxidation sites excluding steroid dienone is 1. The van der Waals surface area contributed by atoms with E-state index >= 15 is 0 Å². The lowest BCUT2D eigenvalue weighted by Gasteiger charge is -2.24. The van der Waals surface area contributed by atoms with Crippen LogP contribution in [0.5, 0.6) is 0 Å². The summed E-state index contributed by atoms with van der Waals surface area (Å²) >= 11 is 1.66. The molecule has 2 aromatic heterocycles. The smallest absolute Gasteiger partial charge is 0.259 e. The number of thiophene rings is 1. The topological polar surface area (TPSA) is 78.5 Å². The van der Waals surface area contributed by atoms with Gasteiger partial charge in [0, 0.05) is 25.1 Å². The number of hydrogen-bond acceptors (Lipinski definition) is 6. The fraction of sp³-hybridized carbons (Fsp3) is 0.600. The molecule has 1 unspecified atom stereocenters. The maximum atomic E-state index is 12.7. The molecule has 3 rings (SSSR count). The van der Waals surface area contributed by atoms with Crippen molar-refractivity contribution in [2.45, 2.75) is 51.2 Å². The number of aromatic amines is 1. The van der Waals surface area contributed by atoms with Crippen LogP contribution in [-0.2, 0) is 24.1 Å². The third-order valence-corrected chi connectivity index (χ3v) is 6.22. The van der Waals surface area contributed by atoms with Gasteiger partial charge < -0.3 is 14.8 Å². The highest BCUT2D eigenvalue weighted by atomic mass is 32.1. The first-order valence-corrected chi connectivity index (χ1v) is 10.5. The number of nitrogens with zero attached hydrogens (tertiary/aromatic N) is 2. The fourth-order valence-corrected chi connectivity index (χ4v) is 4.93. The lowest BCUT2D eigenvalue weighted by Crippen LogP contribution is -2.35. The van der Waals surface area contributed by atoms with Gasteiger partial charge in [-0.25, -0.2) is 4.98 Å². The van der Waals surface area contributed by atoms with Gasteiger partial charge in [-0.05, 0) is 44.1 Å². The van der Waals surface area contributed by atoms with Gasteiger partial charge in [0.15, 0.2) is 0 Å². The Hall–Kier alpha value is -1.54. The maximum Gasteiger partial charge on any atom is 0.259 e. The summed E-state index contributed by atoms with van der Waals surface area (Å²) in [5, 5.41) is 11.0. The third-order valence-electron chi connectivity index (χ3n) is 5.03. The molecular weight excluding hydrogens is 362 g/mol. The Morgan fingerprint density at radius 3 is 3.04 bits per heavy atom. The van der Waals surface area contributed by atoms with Crippen LogP contribution in [0, 0.1) is 0 Å². The molecule has 27 heavy (non-hydrogen) atoms. The van der Waals surface area contributed by atoms with Gasteiger partial charge in [0.05, 0.1) is 24.6 Å². The average Bonchev–Trinajstić information content (AvgIpc) is 3.03. The first kappa shape index (κ1) is 20.2.